The molecule has 6 nitrogen and oxygen atoms in total. The molecular weight excluding hydrogens is 292 g/mol. The van der Waals surface area contributed by atoms with E-state index in [1.54, 1.807) is 13.1 Å². The molecule has 1 aromatic heterocycles. The quantitative estimate of drug-likeness (QED) is 0.888. The minimum atomic E-state index is -0.303. The number of nitrogens with one attached hydrogen (secondary N) is 2. The van der Waals surface area contributed by atoms with E-state index in [4.69, 9.17) is 0 Å². The van der Waals surface area contributed by atoms with Crippen molar-refractivity contribution in [3.63, 3.8) is 0 Å². The molecule has 1 aliphatic rings. The summed E-state index contributed by atoms with van der Waals surface area (Å²) in [5.41, 5.74) is 1.27. The molecule has 2 heterocycles. The van der Waals surface area contributed by atoms with Crippen molar-refractivity contribution in [1.29, 1.82) is 0 Å². The van der Waals surface area contributed by atoms with Gasteiger partial charge < -0.3 is 10.6 Å². The van der Waals surface area contributed by atoms with E-state index >= 15 is 0 Å². The van der Waals surface area contributed by atoms with Gasteiger partial charge in [0.2, 0.25) is 0 Å². The van der Waals surface area contributed by atoms with Crippen LogP contribution in [0.5, 0.6) is 0 Å². The van der Waals surface area contributed by atoms with Gasteiger partial charge in [-0.15, -0.1) is 0 Å². The molecule has 0 saturated carbocycles. The first-order chi connectivity index (χ1) is 10.9. The highest BCUT2D eigenvalue weighted by Gasteiger charge is 2.26. The average molecular weight is 316 g/mol. The highest BCUT2D eigenvalue weighted by atomic mass is 16.2. The van der Waals surface area contributed by atoms with E-state index in [1.165, 1.54) is 24.5 Å². The Morgan fingerprint density at radius 2 is 2.04 bits per heavy atom. The minimum absolute atomic E-state index is 0.228. The maximum absolute atomic E-state index is 12.2. The molecule has 1 aromatic carbocycles. The molecule has 0 aliphatic carbocycles. The van der Waals surface area contributed by atoms with Crippen LogP contribution in [0, 0.1) is 5.41 Å². The third kappa shape index (κ3) is 2.91. The number of aromatic nitrogens is 2. The van der Waals surface area contributed by atoms with Crippen molar-refractivity contribution in [2.75, 3.05) is 25.0 Å². The molecule has 6 heteroatoms. The van der Waals surface area contributed by atoms with Crippen LogP contribution in [0.15, 0.2) is 27.8 Å². The maximum Gasteiger partial charge on any atom is 0.330 e. The second kappa shape index (κ2) is 5.85. The summed E-state index contributed by atoms with van der Waals surface area (Å²) in [7, 11) is 3.20. The maximum atomic E-state index is 12.2. The second-order valence-electron chi connectivity index (χ2n) is 6.88. The van der Waals surface area contributed by atoms with E-state index in [1.807, 2.05) is 12.1 Å². The van der Waals surface area contributed by atoms with Gasteiger partial charge in [-0.25, -0.2) is 4.79 Å². The number of rotatable bonds is 3. The van der Waals surface area contributed by atoms with Crippen LogP contribution in [0.2, 0.25) is 0 Å². The third-order valence-corrected chi connectivity index (χ3v) is 4.87. The van der Waals surface area contributed by atoms with Gasteiger partial charge in [0.05, 0.1) is 10.9 Å². The summed E-state index contributed by atoms with van der Waals surface area (Å²) in [4.78, 5) is 24.3. The number of hydrogen-bond acceptors (Lipinski definition) is 4. The van der Waals surface area contributed by atoms with Crippen molar-refractivity contribution >= 4 is 16.6 Å². The molecule has 1 aliphatic heterocycles. The minimum Gasteiger partial charge on any atom is -0.384 e. The fraction of sp³-hybridized carbons (Fsp3) is 0.529. The Bertz CT molecular complexity index is 844. The zero-order chi connectivity index (χ0) is 16.6. The number of aryl methyl sites for hydroxylation is 1. The van der Waals surface area contributed by atoms with E-state index in [2.05, 4.69) is 17.6 Å². The summed E-state index contributed by atoms with van der Waals surface area (Å²) in [6.45, 7) is 5.24. The molecule has 0 spiro atoms. The van der Waals surface area contributed by atoms with E-state index in [9.17, 15) is 9.59 Å². The summed E-state index contributed by atoms with van der Waals surface area (Å²) >= 11 is 0. The summed E-state index contributed by atoms with van der Waals surface area (Å²) in [5, 5.41) is 7.47. The lowest BCUT2D eigenvalue weighted by molar-refractivity contribution is 0.253. The van der Waals surface area contributed by atoms with Crippen LogP contribution in [0.1, 0.15) is 19.8 Å². The lowest BCUT2D eigenvalue weighted by atomic mass is 9.83. The first-order valence-electron chi connectivity index (χ1n) is 8.06. The van der Waals surface area contributed by atoms with Gasteiger partial charge in [0.25, 0.3) is 5.56 Å². The molecule has 1 saturated heterocycles. The first kappa shape index (κ1) is 15.8. The summed E-state index contributed by atoms with van der Waals surface area (Å²) < 4.78 is 2.66. The average Bonchev–Trinajstić information content (AvgIpc) is 2.57. The zero-order valence-electron chi connectivity index (χ0n) is 14.0. The number of benzene rings is 1. The van der Waals surface area contributed by atoms with Gasteiger partial charge in [0.15, 0.2) is 0 Å². The van der Waals surface area contributed by atoms with Gasteiger partial charge in [-0.1, -0.05) is 6.92 Å². The molecule has 1 unspecified atom stereocenters. The van der Waals surface area contributed by atoms with Crippen molar-refractivity contribution in [2.24, 2.45) is 19.5 Å². The number of anilines is 1. The van der Waals surface area contributed by atoms with E-state index in [0.717, 1.165) is 29.9 Å². The Hall–Kier alpha value is -2.08. The van der Waals surface area contributed by atoms with E-state index in [-0.39, 0.29) is 16.7 Å². The monoisotopic (exact) mass is 316 g/mol. The van der Waals surface area contributed by atoms with Crippen molar-refractivity contribution in [3.8, 4) is 0 Å². The smallest absolute Gasteiger partial charge is 0.330 e. The second-order valence-corrected chi connectivity index (χ2v) is 6.88. The lowest BCUT2D eigenvalue weighted by Gasteiger charge is -2.34. The van der Waals surface area contributed by atoms with Crippen LogP contribution in [0.3, 0.4) is 0 Å². The van der Waals surface area contributed by atoms with Crippen LogP contribution >= 0.6 is 0 Å². The van der Waals surface area contributed by atoms with Gasteiger partial charge >= 0.3 is 5.69 Å². The van der Waals surface area contributed by atoms with Crippen LogP contribution in [-0.4, -0.2) is 28.8 Å². The van der Waals surface area contributed by atoms with Gasteiger partial charge in [-0.2, -0.15) is 0 Å². The third-order valence-electron chi connectivity index (χ3n) is 4.87. The van der Waals surface area contributed by atoms with Crippen molar-refractivity contribution in [3.05, 3.63) is 39.0 Å². The van der Waals surface area contributed by atoms with Crippen molar-refractivity contribution < 1.29 is 0 Å². The van der Waals surface area contributed by atoms with Gasteiger partial charge in [-0.3, -0.25) is 13.9 Å². The molecule has 0 radical (unpaired) electrons. The number of hydrogen-bond donors (Lipinski definition) is 2. The molecule has 1 atom stereocenters. The summed E-state index contributed by atoms with van der Waals surface area (Å²) in [6.07, 6.45) is 2.39. The molecule has 0 amide bonds. The van der Waals surface area contributed by atoms with Crippen LogP contribution in [0.4, 0.5) is 5.69 Å². The number of nitrogens with zero attached hydrogens (tertiary/aromatic N) is 2. The highest BCUT2D eigenvalue weighted by molar-refractivity contribution is 5.81. The predicted octanol–water partition coefficient (Wildman–Crippen LogP) is 1.04. The topological polar surface area (TPSA) is 68.1 Å². The molecule has 124 valence electrons. The summed E-state index contributed by atoms with van der Waals surface area (Å²) in [6, 6.07) is 5.59. The molecular formula is C17H24N4O2. The first-order valence-corrected chi connectivity index (χ1v) is 8.06. The zero-order valence-corrected chi connectivity index (χ0v) is 14.0. The van der Waals surface area contributed by atoms with Crippen molar-refractivity contribution in [1.82, 2.24) is 14.5 Å². The Morgan fingerprint density at radius 1 is 1.26 bits per heavy atom. The molecule has 3 rings (SSSR count). The lowest BCUT2D eigenvalue weighted by Crippen LogP contribution is -2.42. The van der Waals surface area contributed by atoms with Crippen LogP contribution < -0.4 is 21.9 Å². The van der Waals surface area contributed by atoms with Crippen LogP contribution in [-0.2, 0) is 14.1 Å². The fourth-order valence-electron chi connectivity index (χ4n) is 3.28. The predicted molar refractivity (Wildman–Crippen MR) is 93.1 cm³/mol. The number of fused-ring (bicyclic) bond motifs is 1. The Morgan fingerprint density at radius 3 is 2.74 bits per heavy atom. The fourth-order valence-corrected chi connectivity index (χ4v) is 3.28. The largest absolute Gasteiger partial charge is 0.384 e. The molecule has 0 bridgehead atoms. The number of piperidine rings is 1. The van der Waals surface area contributed by atoms with Crippen LogP contribution in [0.25, 0.3) is 10.9 Å². The summed E-state index contributed by atoms with van der Waals surface area (Å²) in [5.74, 6) is 0. The molecule has 1 fully saturated rings. The Kier molecular flexibility index (Phi) is 4.02. The highest BCUT2D eigenvalue weighted by Crippen LogP contribution is 2.26. The molecule has 2 N–H and O–H groups in total. The van der Waals surface area contributed by atoms with E-state index < -0.39 is 0 Å². The SMILES string of the molecule is Cn1c(=O)c2ccc(NCC3(C)CCCNC3)cc2n(C)c1=O. The van der Waals surface area contributed by atoms with Gasteiger partial charge in [-0.05, 0) is 43.0 Å². The van der Waals surface area contributed by atoms with Crippen molar-refractivity contribution in [2.45, 2.75) is 19.8 Å². The molecule has 23 heavy (non-hydrogen) atoms. The molecule has 2 aromatic rings. The van der Waals surface area contributed by atoms with Gasteiger partial charge in [0.1, 0.15) is 0 Å². The Balaban J connectivity index is 1.91. The Labute approximate surface area is 135 Å². The van der Waals surface area contributed by atoms with Gasteiger partial charge in [0, 0.05) is 32.9 Å². The normalized spacial score (nSPS) is 21.5. The standard InChI is InChI=1S/C17H24N4O2/c1-17(7-4-8-18-10-17)11-19-12-5-6-13-14(9-12)20(2)16(23)21(3)15(13)22/h5-6,9,18-19H,4,7-8,10-11H2,1-3H3. The van der Waals surface area contributed by atoms with E-state index in [0.29, 0.717) is 10.9 Å².